The zero-order chi connectivity index (χ0) is 14.3. The maximum Gasteiger partial charge on any atom is 0.119 e. The second-order valence-electron chi connectivity index (χ2n) is 5.41. The summed E-state index contributed by atoms with van der Waals surface area (Å²) in [6.07, 6.45) is 0.874. The van der Waals surface area contributed by atoms with Crippen molar-refractivity contribution in [3.8, 4) is 5.75 Å². The highest BCUT2D eigenvalue weighted by molar-refractivity contribution is 5.28. The Morgan fingerprint density at radius 3 is 2.37 bits per heavy atom. The standard InChI is InChI=1S/C16H27NO2/c1-6-17-13(2)14-7-9-15(10-8-14)19-12-11-16(3,4)18-5/h7-10,13,17H,6,11-12H2,1-5H3. The van der Waals surface area contributed by atoms with Crippen LogP contribution in [0.1, 0.15) is 45.7 Å². The van der Waals surface area contributed by atoms with Crippen LogP contribution in [0.15, 0.2) is 24.3 Å². The van der Waals surface area contributed by atoms with E-state index >= 15 is 0 Å². The lowest BCUT2D eigenvalue weighted by Gasteiger charge is -2.22. The molecule has 3 heteroatoms. The minimum atomic E-state index is -0.125. The predicted molar refractivity (Wildman–Crippen MR) is 79.7 cm³/mol. The van der Waals surface area contributed by atoms with Crippen LogP contribution in [-0.4, -0.2) is 25.9 Å². The fraction of sp³-hybridized carbons (Fsp3) is 0.625. The molecule has 1 aromatic rings. The van der Waals surface area contributed by atoms with E-state index in [0.29, 0.717) is 12.6 Å². The second-order valence-corrected chi connectivity index (χ2v) is 5.41. The Labute approximate surface area is 117 Å². The van der Waals surface area contributed by atoms with Gasteiger partial charge in [-0.2, -0.15) is 0 Å². The zero-order valence-electron chi connectivity index (χ0n) is 12.8. The van der Waals surface area contributed by atoms with E-state index in [1.165, 1.54) is 5.56 Å². The molecule has 108 valence electrons. The molecule has 1 N–H and O–H groups in total. The van der Waals surface area contributed by atoms with Gasteiger partial charge in [-0.05, 0) is 45.0 Å². The smallest absolute Gasteiger partial charge is 0.119 e. The van der Waals surface area contributed by atoms with Crippen LogP contribution in [-0.2, 0) is 4.74 Å². The third-order valence-corrected chi connectivity index (χ3v) is 3.42. The monoisotopic (exact) mass is 265 g/mol. The number of ether oxygens (including phenoxy) is 2. The second kappa shape index (κ2) is 7.51. The molecule has 0 amide bonds. The van der Waals surface area contributed by atoms with Gasteiger partial charge < -0.3 is 14.8 Å². The fourth-order valence-electron chi connectivity index (χ4n) is 1.79. The average molecular weight is 265 g/mol. The van der Waals surface area contributed by atoms with E-state index in [4.69, 9.17) is 9.47 Å². The molecule has 0 saturated carbocycles. The Morgan fingerprint density at radius 2 is 1.84 bits per heavy atom. The van der Waals surface area contributed by atoms with Crippen LogP contribution in [0.4, 0.5) is 0 Å². The minimum Gasteiger partial charge on any atom is -0.493 e. The molecule has 19 heavy (non-hydrogen) atoms. The van der Waals surface area contributed by atoms with Crippen LogP contribution in [0.2, 0.25) is 0 Å². The summed E-state index contributed by atoms with van der Waals surface area (Å²) in [7, 11) is 1.73. The van der Waals surface area contributed by atoms with Crippen molar-refractivity contribution in [2.24, 2.45) is 0 Å². The molecule has 0 aliphatic heterocycles. The maximum absolute atomic E-state index is 5.74. The van der Waals surface area contributed by atoms with Crippen molar-refractivity contribution in [3.63, 3.8) is 0 Å². The van der Waals surface area contributed by atoms with E-state index in [0.717, 1.165) is 18.7 Å². The van der Waals surface area contributed by atoms with Gasteiger partial charge in [0, 0.05) is 19.6 Å². The summed E-state index contributed by atoms with van der Waals surface area (Å²) in [5.74, 6) is 0.916. The van der Waals surface area contributed by atoms with Crippen LogP contribution in [0.25, 0.3) is 0 Å². The first kappa shape index (κ1) is 16.0. The summed E-state index contributed by atoms with van der Waals surface area (Å²) < 4.78 is 11.1. The van der Waals surface area contributed by atoms with Crippen LogP contribution in [0.3, 0.4) is 0 Å². The third kappa shape index (κ3) is 5.62. The highest BCUT2D eigenvalue weighted by atomic mass is 16.5. The number of methoxy groups -OCH3 is 1. The van der Waals surface area contributed by atoms with Crippen molar-refractivity contribution >= 4 is 0 Å². The van der Waals surface area contributed by atoms with Gasteiger partial charge in [0.15, 0.2) is 0 Å². The van der Waals surface area contributed by atoms with Crippen molar-refractivity contribution in [2.75, 3.05) is 20.3 Å². The number of hydrogen-bond donors (Lipinski definition) is 1. The summed E-state index contributed by atoms with van der Waals surface area (Å²) in [5.41, 5.74) is 1.16. The average Bonchev–Trinajstić information content (AvgIpc) is 2.39. The molecular formula is C16H27NO2. The Bertz CT molecular complexity index is 360. The Balaban J connectivity index is 2.44. The zero-order valence-corrected chi connectivity index (χ0v) is 12.8. The lowest BCUT2D eigenvalue weighted by atomic mass is 10.1. The molecular weight excluding hydrogens is 238 g/mol. The fourth-order valence-corrected chi connectivity index (χ4v) is 1.79. The van der Waals surface area contributed by atoms with E-state index in [-0.39, 0.29) is 5.60 Å². The number of nitrogens with one attached hydrogen (secondary N) is 1. The lowest BCUT2D eigenvalue weighted by molar-refractivity contribution is 0.00545. The van der Waals surface area contributed by atoms with Crippen LogP contribution >= 0.6 is 0 Å². The van der Waals surface area contributed by atoms with Gasteiger partial charge in [-0.1, -0.05) is 19.1 Å². The summed E-state index contributed by atoms with van der Waals surface area (Å²) in [6.45, 7) is 10.1. The topological polar surface area (TPSA) is 30.5 Å². The highest BCUT2D eigenvalue weighted by Crippen LogP contribution is 2.19. The number of rotatable bonds is 8. The van der Waals surface area contributed by atoms with E-state index in [2.05, 4.69) is 45.1 Å². The van der Waals surface area contributed by atoms with Gasteiger partial charge >= 0.3 is 0 Å². The summed E-state index contributed by atoms with van der Waals surface area (Å²) in [5, 5.41) is 3.39. The van der Waals surface area contributed by atoms with Crippen molar-refractivity contribution in [2.45, 2.75) is 45.8 Å². The normalized spacial score (nSPS) is 13.3. The van der Waals surface area contributed by atoms with E-state index < -0.39 is 0 Å². The molecule has 1 rings (SSSR count). The van der Waals surface area contributed by atoms with E-state index in [1.54, 1.807) is 7.11 Å². The molecule has 0 aliphatic carbocycles. The summed E-state index contributed by atoms with van der Waals surface area (Å²) in [4.78, 5) is 0. The Hall–Kier alpha value is -1.06. The van der Waals surface area contributed by atoms with Crippen LogP contribution < -0.4 is 10.1 Å². The van der Waals surface area contributed by atoms with Crippen molar-refractivity contribution in [1.82, 2.24) is 5.32 Å². The van der Waals surface area contributed by atoms with Gasteiger partial charge in [0.25, 0.3) is 0 Å². The number of hydrogen-bond acceptors (Lipinski definition) is 3. The Morgan fingerprint density at radius 1 is 1.21 bits per heavy atom. The van der Waals surface area contributed by atoms with Gasteiger partial charge in [0.2, 0.25) is 0 Å². The molecule has 0 bridgehead atoms. The largest absolute Gasteiger partial charge is 0.493 e. The molecule has 0 heterocycles. The first-order chi connectivity index (χ1) is 8.98. The molecule has 0 aromatic heterocycles. The molecule has 1 aromatic carbocycles. The molecule has 0 fully saturated rings. The third-order valence-electron chi connectivity index (χ3n) is 3.42. The van der Waals surface area contributed by atoms with Crippen molar-refractivity contribution in [3.05, 3.63) is 29.8 Å². The minimum absolute atomic E-state index is 0.125. The molecule has 0 aliphatic rings. The molecule has 3 nitrogen and oxygen atoms in total. The quantitative estimate of drug-likeness (QED) is 0.779. The van der Waals surface area contributed by atoms with Gasteiger partial charge in [0.1, 0.15) is 5.75 Å². The number of benzene rings is 1. The van der Waals surface area contributed by atoms with Crippen molar-refractivity contribution in [1.29, 1.82) is 0 Å². The first-order valence-corrected chi connectivity index (χ1v) is 7.00. The molecule has 0 saturated heterocycles. The molecule has 0 spiro atoms. The van der Waals surface area contributed by atoms with Crippen molar-refractivity contribution < 1.29 is 9.47 Å². The summed E-state index contributed by atoms with van der Waals surface area (Å²) in [6, 6.07) is 8.67. The molecule has 1 unspecified atom stereocenters. The molecule has 1 atom stereocenters. The molecule has 0 radical (unpaired) electrons. The predicted octanol–water partition coefficient (Wildman–Crippen LogP) is 3.55. The van der Waals surface area contributed by atoms with Gasteiger partial charge in [-0.3, -0.25) is 0 Å². The van der Waals surface area contributed by atoms with Crippen LogP contribution in [0.5, 0.6) is 5.75 Å². The lowest BCUT2D eigenvalue weighted by Crippen LogP contribution is -2.25. The highest BCUT2D eigenvalue weighted by Gasteiger charge is 2.15. The van der Waals surface area contributed by atoms with Crippen LogP contribution in [0, 0.1) is 0 Å². The summed E-state index contributed by atoms with van der Waals surface area (Å²) >= 11 is 0. The SMILES string of the molecule is CCNC(C)c1ccc(OCCC(C)(C)OC)cc1. The first-order valence-electron chi connectivity index (χ1n) is 7.00. The van der Waals surface area contributed by atoms with Gasteiger partial charge in [-0.15, -0.1) is 0 Å². The Kier molecular flexibility index (Phi) is 6.32. The van der Waals surface area contributed by atoms with E-state index in [9.17, 15) is 0 Å². The van der Waals surface area contributed by atoms with Gasteiger partial charge in [-0.25, -0.2) is 0 Å². The van der Waals surface area contributed by atoms with Gasteiger partial charge in [0.05, 0.1) is 12.2 Å². The maximum atomic E-state index is 5.74. The van der Waals surface area contributed by atoms with E-state index in [1.807, 2.05) is 12.1 Å².